The second-order valence-corrected chi connectivity index (χ2v) is 6.72. The third-order valence-corrected chi connectivity index (χ3v) is 4.92. The number of nitrogens with one attached hydrogen (secondary N) is 1. The Bertz CT molecular complexity index is 935. The molecule has 26 heavy (non-hydrogen) atoms. The van der Waals surface area contributed by atoms with Gasteiger partial charge in [-0.25, -0.2) is 0 Å². The molecular formula is C21H22N4O. The van der Waals surface area contributed by atoms with Crippen molar-refractivity contribution in [3.05, 3.63) is 48.0 Å². The van der Waals surface area contributed by atoms with E-state index in [1.54, 1.807) is 6.07 Å². The van der Waals surface area contributed by atoms with Crippen molar-refractivity contribution in [3.8, 4) is 23.1 Å². The van der Waals surface area contributed by atoms with E-state index < -0.39 is 0 Å². The summed E-state index contributed by atoms with van der Waals surface area (Å²) in [7, 11) is 0. The average Bonchev–Trinajstić information content (AvgIpc) is 3.12. The fraction of sp³-hybridized carbons (Fsp3) is 0.333. The van der Waals surface area contributed by atoms with Crippen LogP contribution in [0.1, 0.15) is 24.8 Å². The number of piperidine rings is 1. The maximum absolute atomic E-state index is 9.14. The second-order valence-electron chi connectivity index (χ2n) is 6.72. The van der Waals surface area contributed by atoms with Crippen LogP contribution in [0.25, 0.3) is 22.2 Å². The number of nitriles is 1. The van der Waals surface area contributed by atoms with Gasteiger partial charge in [-0.05, 0) is 56.3 Å². The molecule has 1 N–H and O–H groups in total. The number of hydrogen-bond acceptors (Lipinski definition) is 4. The lowest BCUT2D eigenvalue weighted by Crippen LogP contribution is -2.33. The SMILES string of the molecule is N#Cc1ccc2[nH]nc(-c3cccc(OCCN4CCCCC4)c3)c2c1. The third-order valence-electron chi connectivity index (χ3n) is 4.92. The molecule has 0 radical (unpaired) electrons. The minimum Gasteiger partial charge on any atom is -0.492 e. The number of benzene rings is 2. The molecule has 5 heteroatoms. The summed E-state index contributed by atoms with van der Waals surface area (Å²) in [4.78, 5) is 2.47. The minimum atomic E-state index is 0.633. The van der Waals surface area contributed by atoms with E-state index >= 15 is 0 Å². The summed E-state index contributed by atoms with van der Waals surface area (Å²) < 4.78 is 5.97. The number of rotatable bonds is 5. The monoisotopic (exact) mass is 346 g/mol. The summed E-state index contributed by atoms with van der Waals surface area (Å²) in [5.41, 5.74) is 3.39. The Morgan fingerprint density at radius 2 is 2.00 bits per heavy atom. The van der Waals surface area contributed by atoms with Gasteiger partial charge in [0, 0.05) is 17.5 Å². The van der Waals surface area contributed by atoms with E-state index in [-0.39, 0.29) is 0 Å². The molecule has 4 rings (SSSR count). The van der Waals surface area contributed by atoms with Crippen LogP contribution in [0, 0.1) is 11.3 Å². The van der Waals surface area contributed by atoms with Crippen LogP contribution >= 0.6 is 0 Å². The lowest BCUT2D eigenvalue weighted by Gasteiger charge is -2.26. The molecule has 3 aromatic rings. The van der Waals surface area contributed by atoms with E-state index in [9.17, 15) is 0 Å². The second kappa shape index (κ2) is 7.59. The summed E-state index contributed by atoms with van der Waals surface area (Å²) in [6, 6.07) is 15.8. The number of aromatic nitrogens is 2. The molecule has 132 valence electrons. The summed E-state index contributed by atoms with van der Waals surface area (Å²) in [5, 5.41) is 17.6. The number of nitrogens with zero attached hydrogens (tertiary/aromatic N) is 3. The van der Waals surface area contributed by atoms with Crippen molar-refractivity contribution in [2.45, 2.75) is 19.3 Å². The topological polar surface area (TPSA) is 64.9 Å². The fourth-order valence-corrected chi connectivity index (χ4v) is 3.51. The van der Waals surface area contributed by atoms with Crippen molar-refractivity contribution < 1.29 is 4.74 Å². The van der Waals surface area contributed by atoms with Crippen LogP contribution in [0.2, 0.25) is 0 Å². The predicted molar refractivity (Wildman–Crippen MR) is 102 cm³/mol. The lowest BCUT2D eigenvalue weighted by atomic mass is 10.1. The molecule has 2 aromatic carbocycles. The summed E-state index contributed by atoms with van der Waals surface area (Å²) in [6.45, 7) is 4.04. The summed E-state index contributed by atoms with van der Waals surface area (Å²) >= 11 is 0. The largest absolute Gasteiger partial charge is 0.492 e. The van der Waals surface area contributed by atoms with Gasteiger partial charge in [-0.2, -0.15) is 10.4 Å². The van der Waals surface area contributed by atoms with Crippen LogP contribution in [-0.4, -0.2) is 41.3 Å². The number of H-pyrrole nitrogens is 1. The van der Waals surface area contributed by atoms with E-state index in [2.05, 4.69) is 21.2 Å². The van der Waals surface area contributed by atoms with E-state index in [4.69, 9.17) is 10.00 Å². The minimum absolute atomic E-state index is 0.633. The van der Waals surface area contributed by atoms with Crippen molar-refractivity contribution in [2.75, 3.05) is 26.2 Å². The Labute approximate surface area is 153 Å². The zero-order valence-electron chi connectivity index (χ0n) is 14.7. The molecule has 5 nitrogen and oxygen atoms in total. The van der Waals surface area contributed by atoms with Crippen LogP contribution in [0.5, 0.6) is 5.75 Å². The summed E-state index contributed by atoms with van der Waals surface area (Å²) in [5.74, 6) is 0.854. The van der Waals surface area contributed by atoms with Crippen molar-refractivity contribution in [1.82, 2.24) is 15.1 Å². The Morgan fingerprint density at radius 1 is 1.12 bits per heavy atom. The lowest BCUT2D eigenvalue weighted by molar-refractivity contribution is 0.183. The number of fused-ring (bicyclic) bond motifs is 1. The van der Waals surface area contributed by atoms with Gasteiger partial charge in [-0.3, -0.25) is 10.00 Å². The molecule has 1 aromatic heterocycles. The number of ether oxygens (including phenoxy) is 1. The molecule has 0 spiro atoms. The zero-order chi connectivity index (χ0) is 17.8. The first-order chi connectivity index (χ1) is 12.8. The van der Waals surface area contributed by atoms with Crippen LogP contribution in [-0.2, 0) is 0 Å². The molecule has 0 amide bonds. The number of hydrogen-bond donors (Lipinski definition) is 1. The molecule has 0 aliphatic carbocycles. The van der Waals surface area contributed by atoms with E-state index in [1.807, 2.05) is 36.4 Å². The van der Waals surface area contributed by atoms with Crippen LogP contribution in [0.4, 0.5) is 0 Å². The van der Waals surface area contributed by atoms with Crippen molar-refractivity contribution in [2.24, 2.45) is 0 Å². The Morgan fingerprint density at radius 3 is 2.85 bits per heavy atom. The van der Waals surface area contributed by atoms with Gasteiger partial charge in [0.15, 0.2) is 0 Å². The number of likely N-dealkylation sites (tertiary alicyclic amines) is 1. The molecule has 0 bridgehead atoms. The molecule has 0 saturated carbocycles. The van der Waals surface area contributed by atoms with Crippen LogP contribution < -0.4 is 4.74 Å². The highest BCUT2D eigenvalue weighted by Crippen LogP contribution is 2.29. The normalized spacial score (nSPS) is 15.0. The maximum Gasteiger partial charge on any atom is 0.120 e. The van der Waals surface area contributed by atoms with Gasteiger partial charge in [0.1, 0.15) is 18.1 Å². The van der Waals surface area contributed by atoms with Crippen molar-refractivity contribution in [3.63, 3.8) is 0 Å². The van der Waals surface area contributed by atoms with E-state index in [0.29, 0.717) is 12.2 Å². The van der Waals surface area contributed by atoms with Gasteiger partial charge in [-0.15, -0.1) is 0 Å². The smallest absolute Gasteiger partial charge is 0.120 e. The highest BCUT2D eigenvalue weighted by atomic mass is 16.5. The molecule has 0 atom stereocenters. The Balaban J connectivity index is 1.50. The first-order valence-electron chi connectivity index (χ1n) is 9.17. The van der Waals surface area contributed by atoms with Gasteiger partial charge in [0.05, 0.1) is 17.1 Å². The maximum atomic E-state index is 9.14. The van der Waals surface area contributed by atoms with Crippen LogP contribution in [0.3, 0.4) is 0 Å². The van der Waals surface area contributed by atoms with Gasteiger partial charge in [0.2, 0.25) is 0 Å². The molecule has 2 heterocycles. The average molecular weight is 346 g/mol. The van der Waals surface area contributed by atoms with Crippen molar-refractivity contribution in [1.29, 1.82) is 5.26 Å². The first kappa shape index (κ1) is 16.6. The van der Waals surface area contributed by atoms with E-state index in [0.717, 1.165) is 34.5 Å². The molecule has 1 aliphatic heterocycles. The molecule has 1 saturated heterocycles. The fourth-order valence-electron chi connectivity index (χ4n) is 3.51. The number of aromatic amines is 1. The van der Waals surface area contributed by atoms with Gasteiger partial charge >= 0.3 is 0 Å². The quantitative estimate of drug-likeness (QED) is 0.759. The van der Waals surface area contributed by atoms with Gasteiger partial charge in [0.25, 0.3) is 0 Å². The first-order valence-corrected chi connectivity index (χ1v) is 9.17. The highest BCUT2D eigenvalue weighted by Gasteiger charge is 2.11. The van der Waals surface area contributed by atoms with Gasteiger partial charge in [-0.1, -0.05) is 18.6 Å². The third kappa shape index (κ3) is 3.56. The predicted octanol–water partition coefficient (Wildman–Crippen LogP) is 3.97. The Kier molecular flexibility index (Phi) is 4.85. The van der Waals surface area contributed by atoms with Crippen LogP contribution in [0.15, 0.2) is 42.5 Å². The molecule has 1 fully saturated rings. The van der Waals surface area contributed by atoms with Gasteiger partial charge < -0.3 is 4.74 Å². The van der Waals surface area contributed by atoms with E-state index in [1.165, 1.54) is 32.4 Å². The van der Waals surface area contributed by atoms with Crippen molar-refractivity contribution >= 4 is 10.9 Å². The Hall–Kier alpha value is -2.84. The zero-order valence-corrected chi connectivity index (χ0v) is 14.7. The highest BCUT2D eigenvalue weighted by molar-refractivity contribution is 5.93. The molecular weight excluding hydrogens is 324 g/mol. The summed E-state index contributed by atoms with van der Waals surface area (Å²) in [6.07, 6.45) is 3.95. The molecule has 0 unspecified atom stereocenters. The molecule has 1 aliphatic rings. The standard InChI is InChI=1S/C21H22N4O/c22-15-16-7-8-20-19(13-16)21(24-23-20)17-5-4-6-18(14-17)26-12-11-25-9-2-1-3-10-25/h4-8,13-14H,1-3,9-12H2,(H,23,24).